The molecule has 1 aromatic rings. The van der Waals surface area contributed by atoms with Gasteiger partial charge in [0, 0.05) is 0 Å². The van der Waals surface area contributed by atoms with Gasteiger partial charge in [0.2, 0.25) is 0 Å². The minimum atomic E-state index is -1.66. The number of rotatable bonds is 2. The van der Waals surface area contributed by atoms with Crippen molar-refractivity contribution in [2.45, 2.75) is 58.0 Å². The fourth-order valence-electron chi connectivity index (χ4n) is 2.37. The van der Waals surface area contributed by atoms with Gasteiger partial charge in [-0.05, 0) is 59.2 Å². The quantitative estimate of drug-likeness (QED) is 0.782. The summed E-state index contributed by atoms with van der Waals surface area (Å²) < 4.78 is 0. The Kier molecular flexibility index (Phi) is 4.15. The van der Waals surface area contributed by atoms with Crippen LogP contribution in [-0.4, -0.2) is 15.4 Å². The van der Waals surface area contributed by atoms with Crippen LogP contribution in [0.25, 0.3) is 0 Å². The first-order chi connectivity index (χ1) is 7.97. The van der Waals surface area contributed by atoms with Gasteiger partial charge in [0.25, 0.3) is 0 Å². The molecule has 102 valence electrons. The first-order valence-electron chi connectivity index (χ1n) is 6.42. The summed E-state index contributed by atoms with van der Waals surface area (Å²) in [6, 6.07) is 7.44. The number of hydrogen-bond acceptors (Lipinski definition) is 2. The third-order valence-corrected chi connectivity index (χ3v) is 9.41. The maximum absolute atomic E-state index is 9.35. The maximum Gasteiger partial charge on any atom is 0.115 e. The van der Waals surface area contributed by atoms with Crippen molar-refractivity contribution in [1.29, 1.82) is 0 Å². The molecule has 0 atom stereocenters. The van der Waals surface area contributed by atoms with Gasteiger partial charge in [-0.15, -0.1) is 0 Å². The molecule has 0 aliphatic rings. The molecule has 0 saturated heterocycles. The third-order valence-electron chi connectivity index (χ3n) is 3.76. The highest BCUT2D eigenvalue weighted by Gasteiger charge is 2.55. The zero-order valence-electron chi connectivity index (χ0n) is 12.5. The molecule has 3 heteroatoms. The van der Waals surface area contributed by atoms with Crippen LogP contribution in [0.2, 0.25) is 0 Å². The van der Waals surface area contributed by atoms with Crippen LogP contribution in [-0.2, 0) is 6.16 Å². The molecule has 0 spiro atoms. The summed E-state index contributed by atoms with van der Waals surface area (Å²) in [7, 11) is -1.66. The highest BCUT2D eigenvalue weighted by atomic mass is 31.2. The summed E-state index contributed by atoms with van der Waals surface area (Å²) in [6.07, 6.45) is 0.917. The molecule has 1 rings (SSSR count). The van der Waals surface area contributed by atoms with Crippen molar-refractivity contribution in [3.63, 3.8) is 0 Å². The van der Waals surface area contributed by atoms with Crippen molar-refractivity contribution in [2.75, 3.05) is 0 Å². The lowest BCUT2D eigenvalue weighted by Gasteiger charge is -2.43. The molecule has 0 aliphatic carbocycles. The molecule has 0 aromatic heterocycles. The molecule has 0 saturated carbocycles. The van der Waals surface area contributed by atoms with Crippen molar-refractivity contribution in [1.82, 2.24) is 0 Å². The van der Waals surface area contributed by atoms with Crippen LogP contribution in [0.4, 0.5) is 0 Å². The Balaban J connectivity index is 3.12. The predicted octanol–water partition coefficient (Wildman–Crippen LogP) is 4.38. The van der Waals surface area contributed by atoms with Crippen molar-refractivity contribution in [2.24, 2.45) is 5.50 Å². The molecule has 0 bridgehead atoms. The summed E-state index contributed by atoms with van der Waals surface area (Å²) in [4.78, 5) is 0. The van der Waals surface area contributed by atoms with Gasteiger partial charge in [-0.25, -0.2) is 5.50 Å². The average molecular weight is 268 g/mol. The Labute approximate surface area is 112 Å². The Morgan fingerprint density at radius 1 is 0.944 bits per heavy atom. The summed E-state index contributed by atoms with van der Waals surface area (Å²) in [5.41, 5.74) is 8.09. The van der Waals surface area contributed by atoms with E-state index in [0.29, 0.717) is 5.75 Å². The minimum absolute atomic E-state index is 0.114. The second kappa shape index (κ2) is 4.83. The van der Waals surface area contributed by atoms with E-state index in [0.717, 1.165) is 6.16 Å². The van der Waals surface area contributed by atoms with Gasteiger partial charge in [-0.1, -0.05) is 12.1 Å². The zero-order chi connectivity index (χ0) is 14.2. The molecule has 2 nitrogen and oxygen atoms in total. The molecule has 0 radical (unpaired) electrons. The van der Waals surface area contributed by atoms with Crippen LogP contribution in [0.5, 0.6) is 5.75 Å². The second-order valence-electron chi connectivity index (χ2n) is 7.04. The Morgan fingerprint density at radius 2 is 1.33 bits per heavy atom. The van der Waals surface area contributed by atoms with E-state index >= 15 is 0 Å². The number of nitrogens with two attached hydrogens (primary N) is 1. The van der Waals surface area contributed by atoms with Crippen molar-refractivity contribution < 1.29 is 5.11 Å². The van der Waals surface area contributed by atoms with Gasteiger partial charge in [0.05, 0.1) is 17.7 Å². The first-order valence-corrected chi connectivity index (χ1v) is 8.46. The summed E-state index contributed by atoms with van der Waals surface area (Å²) in [6.45, 7) is 13.5. The highest BCUT2D eigenvalue weighted by molar-refractivity contribution is 7.75. The van der Waals surface area contributed by atoms with Crippen LogP contribution in [0.15, 0.2) is 24.3 Å². The van der Waals surface area contributed by atoms with Crippen molar-refractivity contribution in [3.05, 3.63) is 29.8 Å². The van der Waals surface area contributed by atoms with Gasteiger partial charge in [-0.2, -0.15) is 0 Å². The van der Waals surface area contributed by atoms with Gasteiger partial charge in [0.15, 0.2) is 0 Å². The summed E-state index contributed by atoms with van der Waals surface area (Å²) in [5, 5.41) is 9.58. The average Bonchev–Trinajstić information content (AvgIpc) is 2.18. The van der Waals surface area contributed by atoms with Crippen molar-refractivity contribution >= 4 is 7.41 Å². The molecule has 0 fully saturated rings. The normalized spacial score (nSPS) is 13.7. The van der Waals surface area contributed by atoms with Crippen LogP contribution in [0.3, 0.4) is 0 Å². The molecule has 3 N–H and O–H groups in total. The predicted molar refractivity (Wildman–Crippen MR) is 82.4 cm³/mol. The standard InChI is InChI=1S/C15H26NOP/c1-14(2,3)18(16,15(4,5)6)11-12-7-9-13(17)10-8-12/h7-10H,11,16H2,1-6H3/p+1. The van der Waals surface area contributed by atoms with Crippen molar-refractivity contribution in [3.8, 4) is 5.75 Å². The maximum atomic E-state index is 9.35. The van der Waals surface area contributed by atoms with Crippen LogP contribution in [0.1, 0.15) is 47.1 Å². The van der Waals surface area contributed by atoms with E-state index in [4.69, 9.17) is 5.50 Å². The second-order valence-corrected chi connectivity index (χ2v) is 11.8. The lowest BCUT2D eigenvalue weighted by Crippen LogP contribution is -2.39. The molecule has 18 heavy (non-hydrogen) atoms. The summed E-state index contributed by atoms with van der Waals surface area (Å²) in [5.74, 6) is 0.311. The zero-order valence-corrected chi connectivity index (χ0v) is 13.4. The molecule has 0 unspecified atom stereocenters. The number of hydrogen-bond donors (Lipinski definition) is 2. The molecular weight excluding hydrogens is 241 g/mol. The van der Waals surface area contributed by atoms with E-state index in [-0.39, 0.29) is 10.3 Å². The van der Waals surface area contributed by atoms with Crippen LogP contribution >= 0.6 is 7.41 Å². The largest absolute Gasteiger partial charge is 0.508 e. The number of benzene rings is 1. The number of phenols is 1. The Morgan fingerprint density at radius 3 is 1.67 bits per heavy atom. The van der Waals surface area contributed by atoms with Gasteiger partial charge in [0.1, 0.15) is 11.9 Å². The molecule has 1 aromatic carbocycles. The number of aromatic hydroxyl groups is 1. The van der Waals surface area contributed by atoms with Gasteiger partial charge in [-0.3, -0.25) is 0 Å². The summed E-state index contributed by atoms with van der Waals surface area (Å²) >= 11 is 0. The number of phenolic OH excluding ortho intramolecular Hbond substituents is 1. The fraction of sp³-hybridized carbons (Fsp3) is 0.600. The first kappa shape index (κ1) is 15.5. The topological polar surface area (TPSA) is 46.2 Å². The highest BCUT2D eigenvalue weighted by Crippen LogP contribution is 2.72. The van der Waals surface area contributed by atoms with E-state index in [1.54, 1.807) is 12.1 Å². The van der Waals surface area contributed by atoms with Crippen LogP contribution in [0, 0.1) is 0 Å². The lowest BCUT2D eigenvalue weighted by molar-refractivity contribution is 0.475. The van der Waals surface area contributed by atoms with E-state index in [9.17, 15) is 5.11 Å². The lowest BCUT2D eigenvalue weighted by atomic mass is 10.2. The Bertz CT molecular complexity index is 384. The molecular formula is C15H27NOP+. The molecule has 0 amide bonds. The van der Waals surface area contributed by atoms with E-state index < -0.39 is 7.41 Å². The fourth-order valence-corrected chi connectivity index (χ4v) is 6.12. The minimum Gasteiger partial charge on any atom is -0.508 e. The monoisotopic (exact) mass is 268 g/mol. The molecule has 0 heterocycles. The smallest absolute Gasteiger partial charge is 0.115 e. The van der Waals surface area contributed by atoms with E-state index in [1.165, 1.54) is 5.56 Å². The van der Waals surface area contributed by atoms with Gasteiger partial charge >= 0.3 is 0 Å². The van der Waals surface area contributed by atoms with E-state index in [2.05, 4.69) is 41.5 Å². The van der Waals surface area contributed by atoms with Crippen LogP contribution < -0.4 is 5.50 Å². The SMILES string of the molecule is CC(C)(C)[P+](N)(Cc1ccc(O)cc1)C(C)(C)C. The Hall–Kier alpha value is -0.590. The third kappa shape index (κ3) is 3.05. The van der Waals surface area contributed by atoms with Gasteiger partial charge < -0.3 is 5.11 Å². The van der Waals surface area contributed by atoms with E-state index in [1.807, 2.05) is 12.1 Å². The molecule has 0 aliphatic heterocycles.